The Hall–Kier alpha value is -1.68. The predicted molar refractivity (Wildman–Crippen MR) is 49.1 cm³/mol. The van der Waals surface area contributed by atoms with E-state index in [-0.39, 0.29) is 5.91 Å². The smallest absolute Gasteiger partial charge is 0.263 e. The number of hydrogen-bond donors (Lipinski definition) is 2. The molecule has 1 aromatic rings. The van der Waals surface area contributed by atoms with Gasteiger partial charge >= 0.3 is 0 Å². The van der Waals surface area contributed by atoms with Crippen LogP contribution in [-0.2, 0) is 4.79 Å². The number of nitrogens with zero attached hydrogens (tertiary/aromatic N) is 1. The molecule has 0 fully saturated rings. The average molecular weight is 175 g/mol. The summed E-state index contributed by atoms with van der Waals surface area (Å²) in [7, 11) is 0. The molecular weight excluding hydrogens is 166 g/mol. The molecule has 0 bridgehead atoms. The molecule has 1 aromatic carbocycles. The second kappa shape index (κ2) is 2.99. The van der Waals surface area contributed by atoms with E-state index >= 15 is 0 Å². The van der Waals surface area contributed by atoms with Crippen molar-refractivity contribution >= 4 is 11.6 Å². The molecule has 0 spiro atoms. The van der Waals surface area contributed by atoms with Crippen molar-refractivity contribution in [3.05, 3.63) is 35.9 Å². The first-order valence-electron chi connectivity index (χ1n) is 3.97. The van der Waals surface area contributed by atoms with E-state index in [9.17, 15) is 4.79 Å². The molecule has 0 aliphatic carbocycles. The largest absolute Gasteiger partial charge is 0.315 e. The van der Waals surface area contributed by atoms with Crippen molar-refractivity contribution in [3.63, 3.8) is 0 Å². The molecule has 0 saturated heterocycles. The number of benzene rings is 1. The Morgan fingerprint density at radius 3 is 2.54 bits per heavy atom. The maximum absolute atomic E-state index is 11.0. The number of carbonyl (C=O) groups is 1. The molecule has 3 N–H and O–H groups in total. The Kier molecular flexibility index (Phi) is 1.83. The summed E-state index contributed by atoms with van der Waals surface area (Å²) in [5.41, 5.74) is 9.44. The maximum Gasteiger partial charge on any atom is 0.263 e. The predicted octanol–water partition coefficient (Wildman–Crippen LogP) is -0.152. The van der Waals surface area contributed by atoms with Gasteiger partial charge in [-0.15, -0.1) is 0 Å². The molecule has 4 heteroatoms. The monoisotopic (exact) mass is 175 g/mol. The number of hydrogen-bond acceptors (Lipinski definition) is 3. The van der Waals surface area contributed by atoms with Gasteiger partial charge in [-0.1, -0.05) is 30.3 Å². The Labute approximate surface area is 75.4 Å². The topological polar surface area (TPSA) is 67.5 Å². The summed E-state index contributed by atoms with van der Waals surface area (Å²) >= 11 is 0. The summed E-state index contributed by atoms with van der Waals surface area (Å²) in [5, 5.41) is 3.86. The van der Waals surface area contributed by atoms with Crippen LogP contribution >= 0.6 is 0 Å². The fourth-order valence-electron chi connectivity index (χ4n) is 1.23. The summed E-state index contributed by atoms with van der Waals surface area (Å²) in [5.74, 6) is -0.251. The number of nitrogens with one attached hydrogen (secondary N) is 1. The number of carbonyl (C=O) groups excluding carboxylic acids is 1. The van der Waals surface area contributed by atoms with E-state index in [0.717, 1.165) is 5.56 Å². The van der Waals surface area contributed by atoms with Crippen LogP contribution in [-0.4, -0.2) is 17.7 Å². The van der Waals surface area contributed by atoms with E-state index in [2.05, 4.69) is 10.5 Å². The third-order valence-electron chi connectivity index (χ3n) is 1.93. The fraction of sp³-hybridized carbons (Fsp3) is 0.111. The molecule has 1 amide bonds. The number of nitrogens with two attached hydrogens (primary N) is 1. The van der Waals surface area contributed by atoms with Crippen LogP contribution in [0, 0.1) is 0 Å². The van der Waals surface area contributed by atoms with Crippen molar-refractivity contribution in [2.24, 2.45) is 10.8 Å². The van der Waals surface area contributed by atoms with E-state index < -0.39 is 6.04 Å². The molecule has 1 aliphatic heterocycles. The normalized spacial score (nSPS) is 21.2. The Bertz CT molecular complexity index is 358. The van der Waals surface area contributed by atoms with Crippen LogP contribution < -0.4 is 11.2 Å². The molecule has 1 atom stereocenters. The van der Waals surface area contributed by atoms with Crippen LogP contribution in [0.4, 0.5) is 0 Å². The van der Waals surface area contributed by atoms with Gasteiger partial charge in [0.25, 0.3) is 5.91 Å². The third-order valence-corrected chi connectivity index (χ3v) is 1.93. The maximum atomic E-state index is 11.0. The molecule has 66 valence electrons. The summed E-state index contributed by atoms with van der Waals surface area (Å²) in [6.07, 6.45) is 0. The first-order valence-corrected chi connectivity index (χ1v) is 3.97. The highest BCUT2D eigenvalue weighted by molar-refractivity contribution is 6.19. The summed E-state index contributed by atoms with van der Waals surface area (Å²) < 4.78 is 0. The second-order valence-corrected chi connectivity index (χ2v) is 2.82. The minimum Gasteiger partial charge on any atom is -0.315 e. The van der Waals surface area contributed by atoms with Crippen LogP contribution in [0.2, 0.25) is 0 Å². The Morgan fingerprint density at radius 1 is 1.31 bits per heavy atom. The van der Waals surface area contributed by atoms with E-state index in [1.165, 1.54) is 0 Å². The van der Waals surface area contributed by atoms with Crippen LogP contribution in [0.25, 0.3) is 0 Å². The molecule has 2 rings (SSSR count). The Morgan fingerprint density at radius 2 is 2.00 bits per heavy atom. The second-order valence-electron chi connectivity index (χ2n) is 2.82. The lowest BCUT2D eigenvalue weighted by molar-refractivity contribution is -0.120. The summed E-state index contributed by atoms with van der Waals surface area (Å²) in [6.45, 7) is 0. The van der Waals surface area contributed by atoms with Gasteiger partial charge in [-0.25, -0.2) is 5.43 Å². The first kappa shape index (κ1) is 7.94. The lowest BCUT2D eigenvalue weighted by Gasteiger charge is -2.02. The highest BCUT2D eigenvalue weighted by atomic mass is 16.2. The van der Waals surface area contributed by atoms with E-state index in [4.69, 9.17) is 5.73 Å². The minimum absolute atomic E-state index is 0.251. The van der Waals surface area contributed by atoms with Gasteiger partial charge in [0.2, 0.25) is 0 Å². The van der Waals surface area contributed by atoms with Gasteiger partial charge in [-0.05, 0) is 5.56 Å². The van der Waals surface area contributed by atoms with Gasteiger partial charge in [-0.3, -0.25) is 4.79 Å². The highest BCUT2D eigenvalue weighted by Crippen LogP contribution is 2.06. The van der Waals surface area contributed by atoms with Crippen LogP contribution in [0.15, 0.2) is 35.4 Å². The molecule has 0 unspecified atom stereocenters. The Balaban J connectivity index is 2.34. The number of rotatable bonds is 1. The minimum atomic E-state index is -0.637. The van der Waals surface area contributed by atoms with Gasteiger partial charge in [0.15, 0.2) is 0 Å². The van der Waals surface area contributed by atoms with Gasteiger partial charge in [0.1, 0.15) is 6.04 Å². The van der Waals surface area contributed by atoms with Crippen molar-refractivity contribution in [1.82, 2.24) is 5.43 Å². The van der Waals surface area contributed by atoms with Crippen molar-refractivity contribution in [3.8, 4) is 0 Å². The number of hydrazone groups is 1. The van der Waals surface area contributed by atoms with E-state index in [1.54, 1.807) is 0 Å². The standard InChI is InChI=1S/C9H9N3O/c10-7-8(11-12-9(7)13)6-4-2-1-3-5-6/h1-5,7H,10H2,(H,12,13)/t7-/m1/s1. The summed E-state index contributed by atoms with van der Waals surface area (Å²) in [6, 6.07) is 8.78. The van der Waals surface area contributed by atoms with Gasteiger partial charge < -0.3 is 5.73 Å². The van der Waals surface area contributed by atoms with Gasteiger partial charge in [0, 0.05) is 0 Å². The molecule has 4 nitrogen and oxygen atoms in total. The molecule has 1 aliphatic rings. The van der Waals surface area contributed by atoms with E-state index in [1.807, 2.05) is 30.3 Å². The van der Waals surface area contributed by atoms with Crippen molar-refractivity contribution in [2.75, 3.05) is 0 Å². The molecule has 13 heavy (non-hydrogen) atoms. The molecular formula is C9H9N3O. The zero-order valence-electron chi connectivity index (χ0n) is 6.90. The third kappa shape index (κ3) is 1.31. The molecule has 1 heterocycles. The van der Waals surface area contributed by atoms with E-state index in [0.29, 0.717) is 5.71 Å². The lowest BCUT2D eigenvalue weighted by atomic mass is 10.0. The van der Waals surface area contributed by atoms with Gasteiger partial charge in [0.05, 0.1) is 5.71 Å². The molecule has 0 radical (unpaired) electrons. The number of amides is 1. The zero-order valence-corrected chi connectivity index (χ0v) is 6.90. The van der Waals surface area contributed by atoms with Crippen LogP contribution in [0.5, 0.6) is 0 Å². The fourth-order valence-corrected chi connectivity index (χ4v) is 1.23. The molecule has 0 saturated carbocycles. The average Bonchev–Trinajstić information content (AvgIpc) is 2.49. The molecule has 0 aromatic heterocycles. The van der Waals surface area contributed by atoms with Gasteiger partial charge in [-0.2, -0.15) is 5.10 Å². The van der Waals surface area contributed by atoms with Crippen molar-refractivity contribution in [1.29, 1.82) is 0 Å². The van der Waals surface area contributed by atoms with Crippen LogP contribution in [0.3, 0.4) is 0 Å². The SMILES string of the molecule is N[C@H]1C(=O)NN=C1c1ccccc1. The van der Waals surface area contributed by atoms with Crippen molar-refractivity contribution in [2.45, 2.75) is 6.04 Å². The zero-order chi connectivity index (χ0) is 9.26. The lowest BCUT2D eigenvalue weighted by Crippen LogP contribution is -2.37. The summed E-state index contributed by atoms with van der Waals surface area (Å²) in [4.78, 5) is 11.0. The van der Waals surface area contributed by atoms with Crippen LogP contribution in [0.1, 0.15) is 5.56 Å². The van der Waals surface area contributed by atoms with Crippen molar-refractivity contribution < 1.29 is 4.79 Å². The quantitative estimate of drug-likeness (QED) is 0.623. The highest BCUT2D eigenvalue weighted by Gasteiger charge is 2.26. The first-order chi connectivity index (χ1) is 6.29.